The Morgan fingerprint density at radius 3 is 2.60 bits per heavy atom. The molecule has 2 N–H and O–H groups in total. The highest BCUT2D eigenvalue weighted by atomic mass is 19.1. The van der Waals surface area contributed by atoms with E-state index in [0.29, 0.717) is 0 Å². The van der Waals surface area contributed by atoms with E-state index in [0.717, 1.165) is 31.9 Å². The first-order valence-corrected chi connectivity index (χ1v) is 7.16. The second-order valence-corrected chi connectivity index (χ2v) is 4.99. The fourth-order valence-corrected chi connectivity index (χ4v) is 2.26. The number of halogens is 2. The molecule has 2 atom stereocenters. The summed E-state index contributed by atoms with van der Waals surface area (Å²) in [5.74, 6) is -0.315. The maximum Gasteiger partial charge on any atom is 0.191 e. The van der Waals surface area contributed by atoms with Gasteiger partial charge in [0.1, 0.15) is 11.6 Å². The topological polar surface area (TPSA) is 36.4 Å². The van der Waals surface area contributed by atoms with Gasteiger partial charge in [0.15, 0.2) is 5.96 Å². The molecule has 1 aromatic rings. The maximum absolute atomic E-state index is 13.7. The van der Waals surface area contributed by atoms with Crippen molar-refractivity contribution in [1.82, 2.24) is 10.6 Å². The Bertz CT molecular complexity index is 468. The molecular formula is C15H21F2N3. The molecule has 3 nitrogen and oxygen atoms in total. The van der Waals surface area contributed by atoms with E-state index in [4.69, 9.17) is 0 Å². The summed E-state index contributed by atoms with van der Waals surface area (Å²) in [6.07, 6.45) is 1.70. The van der Waals surface area contributed by atoms with Gasteiger partial charge in [-0.3, -0.25) is 4.99 Å². The molecule has 0 saturated heterocycles. The van der Waals surface area contributed by atoms with Crippen molar-refractivity contribution in [2.45, 2.75) is 38.6 Å². The monoisotopic (exact) mass is 281 g/mol. The van der Waals surface area contributed by atoms with Gasteiger partial charge in [0.2, 0.25) is 0 Å². The van der Waals surface area contributed by atoms with Crippen LogP contribution in [0.5, 0.6) is 0 Å². The Morgan fingerprint density at radius 2 is 2.00 bits per heavy atom. The summed E-state index contributed by atoms with van der Waals surface area (Å²) in [5, 5.41) is 6.38. The van der Waals surface area contributed by atoms with Crippen molar-refractivity contribution in [3.8, 4) is 0 Å². The molecule has 2 unspecified atom stereocenters. The van der Waals surface area contributed by atoms with E-state index < -0.39 is 11.6 Å². The summed E-state index contributed by atoms with van der Waals surface area (Å²) in [4.78, 5) is 4.39. The van der Waals surface area contributed by atoms with E-state index in [-0.39, 0.29) is 17.5 Å². The molecule has 1 aliphatic carbocycles. The van der Waals surface area contributed by atoms with Gasteiger partial charge < -0.3 is 10.6 Å². The summed E-state index contributed by atoms with van der Waals surface area (Å²) >= 11 is 0. The Balaban J connectivity index is 2.00. The van der Waals surface area contributed by atoms with Crippen LogP contribution in [0, 0.1) is 11.6 Å². The molecule has 110 valence electrons. The van der Waals surface area contributed by atoms with Gasteiger partial charge in [-0.1, -0.05) is 13.0 Å². The van der Waals surface area contributed by atoms with E-state index in [1.165, 1.54) is 18.2 Å². The summed E-state index contributed by atoms with van der Waals surface area (Å²) in [6.45, 7) is 5.55. The lowest BCUT2D eigenvalue weighted by Gasteiger charge is -2.11. The number of rotatable bonds is 5. The minimum absolute atomic E-state index is 0.0519. The Hall–Kier alpha value is -1.65. The molecule has 0 radical (unpaired) electrons. The number of hydrogen-bond donors (Lipinski definition) is 2. The third kappa shape index (κ3) is 3.46. The molecule has 1 aromatic carbocycles. The minimum atomic E-state index is -0.463. The van der Waals surface area contributed by atoms with Crippen LogP contribution in [0.1, 0.15) is 38.2 Å². The lowest BCUT2D eigenvalue weighted by molar-refractivity contribution is 0.553. The predicted octanol–water partition coefficient (Wildman–Crippen LogP) is 2.79. The Labute approximate surface area is 118 Å². The zero-order valence-corrected chi connectivity index (χ0v) is 11.9. The maximum atomic E-state index is 13.7. The molecule has 2 rings (SSSR count). The third-order valence-electron chi connectivity index (χ3n) is 3.32. The number of nitrogens with zero attached hydrogens (tertiary/aromatic N) is 1. The first kappa shape index (κ1) is 14.8. The summed E-state index contributed by atoms with van der Waals surface area (Å²) < 4.78 is 27.4. The number of hydrogen-bond acceptors (Lipinski definition) is 1. The zero-order chi connectivity index (χ0) is 14.5. The molecule has 0 aliphatic heterocycles. The van der Waals surface area contributed by atoms with Crippen molar-refractivity contribution in [3.63, 3.8) is 0 Å². The molecule has 0 heterocycles. The van der Waals surface area contributed by atoms with E-state index in [9.17, 15) is 8.78 Å². The fourth-order valence-electron chi connectivity index (χ4n) is 2.26. The van der Waals surface area contributed by atoms with Crippen LogP contribution in [-0.4, -0.2) is 25.1 Å². The van der Waals surface area contributed by atoms with Crippen LogP contribution >= 0.6 is 0 Å². The largest absolute Gasteiger partial charge is 0.357 e. The van der Waals surface area contributed by atoms with Crippen molar-refractivity contribution in [2.24, 2.45) is 4.99 Å². The van der Waals surface area contributed by atoms with Crippen LogP contribution < -0.4 is 10.6 Å². The average Bonchev–Trinajstić information content (AvgIpc) is 3.15. The van der Waals surface area contributed by atoms with E-state index in [2.05, 4.69) is 22.5 Å². The van der Waals surface area contributed by atoms with Gasteiger partial charge >= 0.3 is 0 Å². The van der Waals surface area contributed by atoms with Crippen molar-refractivity contribution in [1.29, 1.82) is 0 Å². The molecule has 0 amide bonds. The van der Waals surface area contributed by atoms with Gasteiger partial charge in [0.25, 0.3) is 0 Å². The molecule has 0 spiro atoms. The molecule has 0 bridgehead atoms. The standard InChI is InChI=1S/C15H21F2N3/c1-3-8-19-15(18-4-2)20-13-9-10(13)14-11(16)6-5-7-12(14)17/h5-7,10,13H,3-4,8-9H2,1-2H3,(H2,18,19,20). The van der Waals surface area contributed by atoms with Gasteiger partial charge in [-0.25, -0.2) is 8.78 Å². The van der Waals surface area contributed by atoms with Crippen molar-refractivity contribution < 1.29 is 8.78 Å². The number of guanidine groups is 1. The zero-order valence-electron chi connectivity index (χ0n) is 11.9. The lowest BCUT2D eigenvalue weighted by atomic mass is 10.1. The number of benzene rings is 1. The molecule has 1 aliphatic rings. The van der Waals surface area contributed by atoms with Crippen molar-refractivity contribution in [3.05, 3.63) is 35.4 Å². The van der Waals surface area contributed by atoms with Gasteiger partial charge in [0.05, 0.1) is 0 Å². The Morgan fingerprint density at radius 1 is 1.30 bits per heavy atom. The average molecular weight is 281 g/mol. The van der Waals surface area contributed by atoms with E-state index in [1.807, 2.05) is 6.92 Å². The van der Waals surface area contributed by atoms with E-state index in [1.54, 1.807) is 0 Å². The first-order chi connectivity index (χ1) is 9.67. The van der Waals surface area contributed by atoms with Gasteiger partial charge in [-0.2, -0.15) is 0 Å². The second kappa shape index (κ2) is 6.68. The van der Waals surface area contributed by atoms with Crippen molar-refractivity contribution >= 4 is 5.96 Å². The lowest BCUT2D eigenvalue weighted by Crippen LogP contribution is -2.39. The van der Waals surface area contributed by atoms with Crippen LogP contribution in [0.25, 0.3) is 0 Å². The summed E-state index contributed by atoms with van der Waals surface area (Å²) in [5.41, 5.74) is 0.191. The van der Waals surface area contributed by atoms with Gasteiger partial charge in [-0.05, 0) is 31.9 Å². The minimum Gasteiger partial charge on any atom is -0.357 e. The van der Waals surface area contributed by atoms with Gasteiger partial charge in [0, 0.05) is 30.6 Å². The van der Waals surface area contributed by atoms with Crippen LogP contribution in [-0.2, 0) is 0 Å². The molecule has 5 heteroatoms. The highest BCUT2D eigenvalue weighted by Gasteiger charge is 2.42. The second-order valence-electron chi connectivity index (χ2n) is 4.99. The van der Waals surface area contributed by atoms with Gasteiger partial charge in [-0.15, -0.1) is 0 Å². The molecule has 1 saturated carbocycles. The summed E-state index contributed by atoms with van der Waals surface area (Å²) in [6, 6.07) is 4.07. The third-order valence-corrected chi connectivity index (χ3v) is 3.32. The number of nitrogens with one attached hydrogen (secondary N) is 2. The van der Waals surface area contributed by atoms with E-state index >= 15 is 0 Å². The molecule has 20 heavy (non-hydrogen) atoms. The molecule has 0 aromatic heterocycles. The highest BCUT2D eigenvalue weighted by molar-refractivity contribution is 5.80. The van der Waals surface area contributed by atoms with Crippen LogP contribution in [0.4, 0.5) is 8.78 Å². The SMILES string of the molecule is CCCN=C(NCC)NC1CC1c1c(F)cccc1F. The summed E-state index contributed by atoms with van der Waals surface area (Å²) in [7, 11) is 0. The van der Waals surface area contributed by atoms with Crippen LogP contribution in [0.2, 0.25) is 0 Å². The fraction of sp³-hybridized carbons (Fsp3) is 0.533. The molecule has 1 fully saturated rings. The smallest absolute Gasteiger partial charge is 0.191 e. The van der Waals surface area contributed by atoms with Crippen molar-refractivity contribution in [2.75, 3.05) is 13.1 Å². The number of aliphatic imine (C=N–C) groups is 1. The highest BCUT2D eigenvalue weighted by Crippen LogP contribution is 2.42. The van der Waals surface area contributed by atoms with Crippen LogP contribution in [0.15, 0.2) is 23.2 Å². The normalized spacial score (nSPS) is 21.7. The van der Waals surface area contributed by atoms with Crippen LogP contribution in [0.3, 0.4) is 0 Å². The Kier molecular flexibility index (Phi) is 4.93. The predicted molar refractivity (Wildman–Crippen MR) is 76.9 cm³/mol. The quantitative estimate of drug-likeness (QED) is 0.643. The molecular weight excluding hydrogens is 260 g/mol. The first-order valence-electron chi connectivity index (χ1n) is 7.16.